The summed E-state index contributed by atoms with van der Waals surface area (Å²) in [5.74, 6) is 0. The summed E-state index contributed by atoms with van der Waals surface area (Å²) in [6.45, 7) is 1.02. The van der Waals surface area contributed by atoms with Gasteiger partial charge in [-0.15, -0.1) is 0 Å². The number of hydrogen-bond donors (Lipinski definition) is 3. The zero-order valence-electron chi connectivity index (χ0n) is 25.5. The first-order valence-electron chi connectivity index (χ1n) is 13.6. The molecule has 0 aliphatic carbocycles. The monoisotopic (exact) mass is 734 g/mol. The Morgan fingerprint density at radius 2 is 1.17 bits per heavy atom. The minimum absolute atomic E-state index is 0. The first kappa shape index (κ1) is 42.4. The number of halogens is 9. The fourth-order valence-corrected chi connectivity index (χ4v) is 4.17. The molecular weight excluding hydrogens is 699 g/mol. The number of aliphatic hydroxyl groups is 1. The molecule has 3 aromatic carbocycles. The van der Waals surface area contributed by atoms with Crippen LogP contribution in [0.1, 0.15) is 16.7 Å². The third-order valence-corrected chi connectivity index (χ3v) is 6.68. The summed E-state index contributed by atoms with van der Waals surface area (Å²) in [6, 6.07) is 13.6. The van der Waals surface area contributed by atoms with E-state index in [1.165, 1.54) is 41.3 Å². The van der Waals surface area contributed by atoms with Crippen LogP contribution in [0.2, 0.25) is 0 Å². The van der Waals surface area contributed by atoms with E-state index in [1.54, 1.807) is 19.0 Å². The van der Waals surface area contributed by atoms with Crippen molar-refractivity contribution >= 4 is 50.1 Å². The molecule has 1 heterocycles. The highest BCUT2D eigenvalue weighted by Gasteiger charge is 2.32. The molecule has 7 nitrogen and oxygen atoms in total. The molecule has 18 heteroatoms. The molecule has 1 amide bonds. The van der Waals surface area contributed by atoms with E-state index in [9.17, 15) is 49.4 Å². The molecule has 48 heavy (non-hydrogen) atoms. The van der Waals surface area contributed by atoms with Gasteiger partial charge in [-0.25, -0.2) is 4.79 Å². The van der Waals surface area contributed by atoms with Crippen LogP contribution in [0.25, 0.3) is 0 Å². The van der Waals surface area contributed by atoms with Crippen LogP contribution in [0.4, 0.5) is 61.4 Å². The Kier molecular flexibility index (Phi) is 15.6. The summed E-state index contributed by atoms with van der Waals surface area (Å²) in [5.41, 5.74) is -0.751. The maximum Gasteiger partial charge on any atom is 0.416 e. The van der Waals surface area contributed by atoms with E-state index in [-0.39, 0.29) is 52.3 Å². The second-order valence-electron chi connectivity index (χ2n) is 10.4. The Morgan fingerprint density at radius 3 is 1.54 bits per heavy atom. The highest BCUT2D eigenvalue weighted by Crippen LogP contribution is 2.32. The van der Waals surface area contributed by atoms with Crippen molar-refractivity contribution in [2.24, 2.45) is 0 Å². The maximum absolute atomic E-state index is 12.6. The quantitative estimate of drug-likeness (QED) is 0.199. The van der Waals surface area contributed by atoms with Crippen molar-refractivity contribution in [2.45, 2.75) is 30.7 Å². The van der Waals surface area contributed by atoms with Crippen LogP contribution in [0.15, 0.2) is 72.8 Å². The molecule has 0 radical (unpaired) electrons. The fraction of sp³-hybridized carbons (Fsp3) is 0.367. The average molecular weight is 735 g/mol. The summed E-state index contributed by atoms with van der Waals surface area (Å²) in [4.78, 5) is 14.1. The third kappa shape index (κ3) is 13.1. The molecule has 1 fully saturated rings. The summed E-state index contributed by atoms with van der Waals surface area (Å²) < 4.78 is 117. The smallest absolute Gasteiger partial charge is 0.416 e. The van der Waals surface area contributed by atoms with E-state index >= 15 is 0 Å². The van der Waals surface area contributed by atoms with Crippen LogP contribution in [0.3, 0.4) is 0 Å². The number of carbonyl (C=O) groups is 1. The molecule has 4 rings (SSSR count). The first-order valence-corrected chi connectivity index (χ1v) is 13.6. The van der Waals surface area contributed by atoms with Gasteiger partial charge in [0.15, 0.2) is 0 Å². The van der Waals surface area contributed by atoms with Crippen LogP contribution in [0, 0.1) is 0 Å². The van der Waals surface area contributed by atoms with Gasteiger partial charge in [0.25, 0.3) is 0 Å². The molecular formula is C30H35F9N4O3S2. The zero-order chi connectivity index (χ0) is 34.3. The van der Waals surface area contributed by atoms with Crippen molar-refractivity contribution in [3.8, 4) is 0 Å². The predicted molar refractivity (Wildman–Crippen MR) is 174 cm³/mol. The number of aliphatic hydroxyl groups excluding tert-OH is 1. The number of nitrogens with zero attached hydrogens (tertiary/aromatic N) is 2. The lowest BCUT2D eigenvalue weighted by molar-refractivity contribution is -0.138. The van der Waals surface area contributed by atoms with E-state index < -0.39 is 41.3 Å². The Bertz CT molecular complexity index is 1410. The summed E-state index contributed by atoms with van der Waals surface area (Å²) >= 11 is 0. The second kappa shape index (κ2) is 17.7. The normalized spacial score (nSPS) is 15.2. The van der Waals surface area contributed by atoms with Gasteiger partial charge in [0.1, 0.15) is 6.10 Å². The molecule has 0 spiro atoms. The Balaban J connectivity index is 0.000000486. The zero-order valence-corrected chi connectivity index (χ0v) is 27.5. The molecule has 0 bridgehead atoms. The minimum Gasteiger partial charge on any atom is -0.442 e. The number of cyclic esters (lactones) is 1. The number of anilines is 3. The van der Waals surface area contributed by atoms with Crippen LogP contribution in [-0.4, -0.2) is 68.6 Å². The number of alkyl halides is 9. The van der Waals surface area contributed by atoms with Gasteiger partial charge in [-0.05, 0) is 72.8 Å². The van der Waals surface area contributed by atoms with Gasteiger partial charge < -0.3 is 30.3 Å². The Labute approximate surface area is 284 Å². The van der Waals surface area contributed by atoms with Crippen molar-refractivity contribution in [2.75, 3.05) is 55.8 Å². The van der Waals surface area contributed by atoms with Gasteiger partial charge in [0, 0.05) is 44.2 Å². The number of ether oxygens (including phenoxy) is 1. The molecule has 0 unspecified atom stereocenters. The Hall–Kier alpha value is -3.64. The largest absolute Gasteiger partial charge is 0.442 e. The van der Waals surface area contributed by atoms with Gasteiger partial charge in [-0.1, -0.05) is 0 Å². The fourth-order valence-electron chi connectivity index (χ4n) is 4.17. The third-order valence-electron chi connectivity index (χ3n) is 6.68. The van der Waals surface area contributed by atoms with Gasteiger partial charge >= 0.3 is 24.6 Å². The van der Waals surface area contributed by atoms with E-state index in [0.29, 0.717) is 30.2 Å². The van der Waals surface area contributed by atoms with Gasteiger partial charge in [0.05, 0.1) is 35.9 Å². The molecule has 1 aliphatic rings. The number of amides is 1. The number of rotatable bonds is 9. The van der Waals surface area contributed by atoms with Gasteiger partial charge in [-0.3, -0.25) is 0 Å². The number of likely N-dealkylation sites (N-methyl/N-ethyl adjacent to an activating group) is 2. The molecule has 1 saturated heterocycles. The van der Waals surface area contributed by atoms with Gasteiger partial charge in [-0.2, -0.15) is 66.5 Å². The van der Waals surface area contributed by atoms with Crippen LogP contribution in [0.5, 0.6) is 0 Å². The topological polar surface area (TPSA) is 77.1 Å². The van der Waals surface area contributed by atoms with Crippen molar-refractivity contribution < 1.29 is 54.2 Å². The number of nitrogens with one attached hydrogen (secondary N) is 2. The molecule has 0 aromatic heterocycles. The number of benzene rings is 3. The molecule has 2 atom stereocenters. The highest BCUT2D eigenvalue weighted by molar-refractivity contribution is 7.59. The second-order valence-corrected chi connectivity index (χ2v) is 10.4. The van der Waals surface area contributed by atoms with E-state index in [0.717, 1.165) is 36.4 Å². The molecule has 268 valence electrons. The first-order chi connectivity index (χ1) is 21.3. The van der Waals surface area contributed by atoms with E-state index in [1.807, 2.05) is 0 Å². The van der Waals surface area contributed by atoms with Crippen molar-refractivity contribution in [3.63, 3.8) is 0 Å². The lowest BCUT2D eigenvalue weighted by Crippen LogP contribution is -2.33. The maximum atomic E-state index is 12.6. The molecule has 3 N–H and O–H groups in total. The summed E-state index contributed by atoms with van der Waals surface area (Å²) in [7, 11) is 3.24. The van der Waals surface area contributed by atoms with Crippen LogP contribution < -0.4 is 15.5 Å². The summed E-state index contributed by atoms with van der Waals surface area (Å²) in [6.07, 6.45) is -14.7. The standard InChI is InChI=1S/C18H18F6N2O.C12H13F3N2O2.2H2S/c1-26(15-8-4-13(5-9-15)18(22,23)24)11-16(27)10-25-14-6-2-12(3-7-14)17(19,20)21;1-17-7-10(19-11(17)18)6-16-9-4-2-8(3-5-9)12(13,14)15;;/h2-9,16,25,27H,10-11H2,1H3;2-5,10,16H,6-7H2,1H3;2*1H2/t16-;10-;;/m00../s1. The average Bonchev–Trinajstić information content (AvgIpc) is 3.31. The van der Waals surface area contributed by atoms with Crippen LogP contribution in [-0.2, 0) is 23.3 Å². The summed E-state index contributed by atoms with van der Waals surface area (Å²) in [5, 5.41) is 15.8. The van der Waals surface area contributed by atoms with E-state index in [4.69, 9.17) is 4.74 Å². The SMILES string of the molecule is CN(C[C@@H](O)CNc1ccc(C(F)(F)F)cc1)c1ccc(C(F)(F)F)cc1.CN1C[C@H](CNc2ccc(C(F)(F)F)cc2)OC1=O.S.S. The van der Waals surface area contributed by atoms with Crippen molar-refractivity contribution in [3.05, 3.63) is 89.5 Å². The van der Waals surface area contributed by atoms with Crippen molar-refractivity contribution in [1.29, 1.82) is 0 Å². The highest BCUT2D eigenvalue weighted by atomic mass is 32.1. The Morgan fingerprint density at radius 1 is 0.771 bits per heavy atom. The van der Waals surface area contributed by atoms with E-state index in [2.05, 4.69) is 10.6 Å². The molecule has 3 aromatic rings. The molecule has 0 saturated carbocycles. The predicted octanol–water partition coefficient (Wildman–Crippen LogP) is 7.43. The molecule has 1 aliphatic heterocycles. The van der Waals surface area contributed by atoms with Crippen LogP contribution >= 0.6 is 27.0 Å². The number of hydrogen-bond acceptors (Lipinski definition) is 6. The lowest BCUT2D eigenvalue weighted by atomic mass is 10.2. The lowest BCUT2D eigenvalue weighted by Gasteiger charge is -2.23. The minimum atomic E-state index is -4.41. The number of carbonyl (C=O) groups excluding carboxylic acids is 1. The van der Waals surface area contributed by atoms with Gasteiger partial charge in [0.2, 0.25) is 0 Å². The van der Waals surface area contributed by atoms with Crippen molar-refractivity contribution in [1.82, 2.24) is 4.90 Å².